The Labute approximate surface area is 171 Å². The average Bonchev–Trinajstić information content (AvgIpc) is 3.48. The van der Waals surface area contributed by atoms with Gasteiger partial charge in [0.25, 0.3) is 0 Å². The van der Waals surface area contributed by atoms with Gasteiger partial charge in [-0.3, -0.25) is 0 Å². The summed E-state index contributed by atoms with van der Waals surface area (Å²) in [6.07, 6.45) is 0. The first-order chi connectivity index (χ1) is 14.7. The molecule has 1 N–H and O–H groups in total. The lowest BCUT2D eigenvalue weighted by Gasteiger charge is -2.15. The van der Waals surface area contributed by atoms with Gasteiger partial charge >= 0.3 is 5.97 Å². The largest absolute Gasteiger partial charge is 0.478 e. The van der Waals surface area contributed by atoms with E-state index in [1.54, 1.807) is 0 Å². The minimum absolute atomic E-state index is 0.167. The van der Waals surface area contributed by atoms with Gasteiger partial charge in [-0.2, -0.15) is 0 Å². The molecule has 148 valence electrons. The number of rotatable bonds is 3. The summed E-state index contributed by atoms with van der Waals surface area (Å²) < 4.78 is 21.9. The smallest absolute Gasteiger partial charge is 0.333 e. The Balaban J connectivity index is 1.59. The molecule has 0 bridgehead atoms. The molecule has 6 rings (SSSR count). The van der Waals surface area contributed by atoms with E-state index in [-0.39, 0.29) is 13.6 Å². The monoisotopic (exact) mass is 400 g/mol. The highest BCUT2D eigenvalue weighted by molar-refractivity contribution is 6.06. The van der Waals surface area contributed by atoms with E-state index in [4.69, 9.17) is 18.9 Å². The lowest BCUT2D eigenvalue weighted by Crippen LogP contribution is -2.10. The molecule has 0 amide bonds. The van der Waals surface area contributed by atoms with E-state index in [9.17, 15) is 9.90 Å². The lowest BCUT2D eigenvalue weighted by molar-refractivity contribution is -0.132. The van der Waals surface area contributed by atoms with Crippen LogP contribution in [0.5, 0.6) is 23.0 Å². The Hall–Kier alpha value is -3.93. The minimum Gasteiger partial charge on any atom is -0.478 e. The molecule has 1 atom stereocenters. The number of hydrogen-bond donors (Lipinski definition) is 1. The maximum Gasteiger partial charge on any atom is 0.333 e. The molecule has 3 aromatic rings. The highest BCUT2D eigenvalue weighted by Gasteiger charge is 2.37. The van der Waals surface area contributed by atoms with Crippen LogP contribution in [0.3, 0.4) is 0 Å². The lowest BCUT2D eigenvalue weighted by atomic mass is 9.88. The van der Waals surface area contributed by atoms with Crippen molar-refractivity contribution >= 4 is 11.5 Å². The quantitative estimate of drug-likeness (QED) is 0.711. The van der Waals surface area contributed by atoms with Crippen LogP contribution < -0.4 is 18.9 Å². The summed E-state index contributed by atoms with van der Waals surface area (Å²) in [7, 11) is 0. The molecule has 6 nitrogen and oxygen atoms in total. The van der Waals surface area contributed by atoms with E-state index in [1.807, 2.05) is 60.7 Å². The van der Waals surface area contributed by atoms with Gasteiger partial charge in [0, 0.05) is 11.5 Å². The molecule has 0 fully saturated rings. The number of carboxylic acids is 1. The predicted molar refractivity (Wildman–Crippen MR) is 107 cm³/mol. The van der Waals surface area contributed by atoms with Gasteiger partial charge in [-0.15, -0.1) is 0 Å². The summed E-state index contributed by atoms with van der Waals surface area (Å²) in [4.78, 5) is 12.5. The Morgan fingerprint density at radius 1 is 0.800 bits per heavy atom. The van der Waals surface area contributed by atoms with Crippen molar-refractivity contribution in [2.75, 3.05) is 13.6 Å². The summed E-state index contributed by atoms with van der Waals surface area (Å²) in [5.41, 5.74) is 4.50. The van der Waals surface area contributed by atoms with Crippen LogP contribution in [0.1, 0.15) is 28.2 Å². The number of carboxylic acid groups (broad SMARTS) is 1. The topological polar surface area (TPSA) is 74.2 Å². The second-order valence-corrected chi connectivity index (χ2v) is 7.29. The highest BCUT2D eigenvalue weighted by Crippen LogP contribution is 2.50. The van der Waals surface area contributed by atoms with Crippen LogP contribution in [0.15, 0.2) is 66.2 Å². The molecule has 0 saturated carbocycles. The zero-order valence-electron chi connectivity index (χ0n) is 15.8. The van der Waals surface area contributed by atoms with E-state index in [2.05, 4.69) is 0 Å². The first-order valence-corrected chi connectivity index (χ1v) is 9.57. The fraction of sp³-hybridized carbons (Fsp3) is 0.125. The molecule has 0 saturated heterocycles. The Morgan fingerprint density at radius 3 is 2.23 bits per heavy atom. The Kier molecular flexibility index (Phi) is 3.56. The fourth-order valence-corrected chi connectivity index (χ4v) is 4.45. The summed E-state index contributed by atoms with van der Waals surface area (Å²) in [5, 5.41) is 10.3. The molecule has 2 aliphatic heterocycles. The van der Waals surface area contributed by atoms with Crippen LogP contribution >= 0.6 is 0 Å². The number of aliphatic carboxylic acids is 1. The first-order valence-electron chi connectivity index (χ1n) is 9.57. The zero-order valence-corrected chi connectivity index (χ0v) is 15.8. The molecule has 3 aromatic carbocycles. The van der Waals surface area contributed by atoms with Gasteiger partial charge in [-0.05, 0) is 46.5 Å². The van der Waals surface area contributed by atoms with E-state index in [1.165, 1.54) is 0 Å². The van der Waals surface area contributed by atoms with E-state index >= 15 is 0 Å². The normalized spacial score (nSPS) is 17.9. The predicted octanol–water partition coefficient (Wildman–Crippen LogP) is 4.18. The van der Waals surface area contributed by atoms with Crippen molar-refractivity contribution in [3.63, 3.8) is 0 Å². The number of benzene rings is 3. The SMILES string of the molecule is O=C(O)C1=C(c2ccc3c(c2)OCO3)c2ccccc2C1c1ccc2c(c1)OCO2. The molecule has 1 aliphatic carbocycles. The zero-order chi connectivity index (χ0) is 20.2. The third-order valence-electron chi connectivity index (χ3n) is 5.72. The third-order valence-corrected chi connectivity index (χ3v) is 5.72. The number of carbonyl (C=O) groups is 1. The number of hydrogen-bond acceptors (Lipinski definition) is 5. The molecule has 6 heteroatoms. The van der Waals surface area contributed by atoms with Gasteiger partial charge in [-0.25, -0.2) is 4.79 Å². The molecule has 1 unspecified atom stereocenters. The summed E-state index contributed by atoms with van der Waals surface area (Å²) in [6.45, 7) is 0.337. The van der Waals surface area contributed by atoms with Gasteiger partial charge in [0.2, 0.25) is 13.6 Å². The maximum atomic E-state index is 12.5. The van der Waals surface area contributed by atoms with Crippen molar-refractivity contribution in [1.82, 2.24) is 0 Å². The molecular formula is C24H16O6. The Bertz CT molecular complexity index is 1240. The van der Waals surface area contributed by atoms with E-state index in [0.29, 0.717) is 34.1 Å². The first kappa shape index (κ1) is 17.0. The van der Waals surface area contributed by atoms with Crippen molar-refractivity contribution in [2.45, 2.75) is 5.92 Å². The second-order valence-electron chi connectivity index (χ2n) is 7.29. The van der Waals surface area contributed by atoms with Crippen molar-refractivity contribution in [1.29, 1.82) is 0 Å². The van der Waals surface area contributed by atoms with Crippen LogP contribution in [-0.2, 0) is 4.79 Å². The highest BCUT2D eigenvalue weighted by atomic mass is 16.7. The van der Waals surface area contributed by atoms with Gasteiger partial charge < -0.3 is 24.1 Å². The molecule has 0 aromatic heterocycles. The van der Waals surface area contributed by atoms with Crippen molar-refractivity contribution in [2.24, 2.45) is 0 Å². The van der Waals surface area contributed by atoms with Gasteiger partial charge in [0.05, 0.1) is 5.57 Å². The van der Waals surface area contributed by atoms with Crippen molar-refractivity contribution in [3.05, 3.63) is 88.5 Å². The van der Waals surface area contributed by atoms with Gasteiger partial charge in [0.1, 0.15) is 0 Å². The van der Waals surface area contributed by atoms with Gasteiger partial charge in [-0.1, -0.05) is 36.4 Å². The van der Waals surface area contributed by atoms with E-state index < -0.39 is 11.9 Å². The second kappa shape index (κ2) is 6.29. The van der Waals surface area contributed by atoms with Crippen LogP contribution in [0, 0.1) is 0 Å². The molecule has 30 heavy (non-hydrogen) atoms. The standard InChI is InChI=1S/C24H16O6/c25-24(26)23-21(13-5-7-17-19(9-13)29-11-27-17)15-3-1-2-4-16(15)22(23)14-6-8-18-20(10-14)30-12-28-18/h1-10,21H,11-12H2,(H,25,26). The van der Waals surface area contributed by atoms with Crippen molar-refractivity contribution < 1.29 is 28.8 Å². The van der Waals surface area contributed by atoms with Crippen molar-refractivity contribution in [3.8, 4) is 23.0 Å². The summed E-state index contributed by atoms with van der Waals surface area (Å²) >= 11 is 0. The summed E-state index contributed by atoms with van der Waals surface area (Å²) in [5.74, 6) is 1.20. The summed E-state index contributed by atoms with van der Waals surface area (Å²) in [6, 6.07) is 19.0. The maximum absolute atomic E-state index is 12.5. The van der Waals surface area contributed by atoms with Crippen LogP contribution in [0.2, 0.25) is 0 Å². The molecule has 0 spiro atoms. The average molecular weight is 400 g/mol. The van der Waals surface area contributed by atoms with Crippen LogP contribution in [0.25, 0.3) is 5.57 Å². The van der Waals surface area contributed by atoms with Gasteiger partial charge in [0.15, 0.2) is 23.0 Å². The molecule has 2 heterocycles. The molecule has 3 aliphatic rings. The number of ether oxygens (including phenoxy) is 4. The van der Waals surface area contributed by atoms with E-state index in [0.717, 1.165) is 22.3 Å². The minimum atomic E-state index is -0.957. The number of fused-ring (bicyclic) bond motifs is 3. The Morgan fingerprint density at radius 2 is 1.47 bits per heavy atom. The third kappa shape index (κ3) is 2.40. The molecule has 0 radical (unpaired) electrons. The fourth-order valence-electron chi connectivity index (χ4n) is 4.45. The molecular weight excluding hydrogens is 384 g/mol. The van der Waals surface area contributed by atoms with Crippen LogP contribution in [0.4, 0.5) is 0 Å². The van der Waals surface area contributed by atoms with Crippen LogP contribution in [-0.4, -0.2) is 24.7 Å².